The molecule has 2 heterocycles. The number of aromatic nitrogens is 3. The molecule has 2 aromatic heterocycles. The van der Waals surface area contributed by atoms with E-state index >= 15 is 0 Å². The molecule has 0 fully saturated rings. The second kappa shape index (κ2) is 4.21. The van der Waals surface area contributed by atoms with Crippen LogP contribution in [0.4, 0.5) is 0 Å². The minimum atomic E-state index is 0.890. The Hall–Kier alpha value is -3.07. The first kappa shape index (κ1) is 11.6. The molecule has 0 spiro atoms. The second-order valence-corrected chi connectivity index (χ2v) is 5.48. The third-order valence-corrected chi connectivity index (χ3v) is 4.15. The molecular weight excluding hydrogens is 270 g/mol. The van der Waals surface area contributed by atoms with Crippen molar-refractivity contribution in [2.24, 2.45) is 0 Å². The molecule has 0 aliphatic rings. The van der Waals surface area contributed by atoms with Gasteiger partial charge in [0, 0.05) is 0 Å². The highest BCUT2D eigenvalue weighted by molar-refractivity contribution is 5.91. The van der Waals surface area contributed by atoms with Crippen LogP contribution >= 0.6 is 0 Å². The van der Waals surface area contributed by atoms with E-state index < -0.39 is 0 Å². The molecule has 5 rings (SSSR count). The van der Waals surface area contributed by atoms with E-state index in [4.69, 9.17) is 0 Å². The Morgan fingerprint density at radius 3 is 2.45 bits per heavy atom. The summed E-state index contributed by atoms with van der Waals surface area (Å²) in [5.41, 5.74) is 6.85. The van der Waals surface area contributed by atoms with Crippen molar-refractivity contribution in [3.05, 3.63) is 72.8 Å². The predicted octanol–water partition coefficient (Wildman–Crippen LogP) is 4.64. The summed E-state index contributed by atoms with van der Waals surface area (Å²) >= 11 is 0. The Morgan fingerprint density at radius 2 is 1.55 bits per heavy atom. The van der Waals surface area contributed by atoms with E-state index in [0.29, 0.717) is 0 Å². The second-order valence-electron chi connectivity index (χ2n) is 5.48. The molecule has 1 N–H and O–H groups in total. The highest BCUT2D eigenvalue weighted by Crippen LogP contribution is 2.27. The Labute approximate surface area is 126 Å². The number of nitrogens with zero attached hydrogens (tertiary/aromatic N) is 2. The standard InChI is InChI=1S/C19H13N3/c1-2-6-13(7-3-1)14-10-11-18-16(12-14)21-19-20-15-8-4-5-9-17(15)22(18)19/h1-12H,(H,20,21). The molecule has 0 aliphatic carbocycles. The lowest BCUT2D eigenvalue weighted by molar-refractivity contribution is 1.28. The lowest BCUT2D eigenvalue weighted by atomic mass is 10.1. The molecule has 5 aromatic rings. The number of nitrogens with one attached hydrogen (secondary N) is 1. The fraction of sp³-hybridized carbons (Fsp3) is 0. The van der Waals surface area contributed by atoms with Gasteiger partial charge in [-0.05, 0) is 35.4 Å². The molecule has 0 radical (unpaired) electrons. The van der Waals surface area contributed by atoms with Crippen molar-refractivity contribution in [2.75, 3.05) is 0 Å². The maximum absolute atomic E-state index is 4.66. The van der Waals surface area contributed by atoms with Gasteiger partial charge in [0.05, 0.1) is 22.1 Å². The van der Waals surface area contributed by atoms with E-state index in [1.54, 1.807) is 0 Å². The zero-order chi connectivity index (χ0) is 14.5. The van der Waals surface area contributed by atoms with Gasteiger partial charge in [0.2, 0.25) is 5.78 Å². The Morgan fingerprint density at radius 1 is 0.727 bits per heavy atom. The molecule has 0 saturated carbocycles. The first-order valence-electron chi connectivity index (χ1n) is 7.34. The summed E-state index contributed by atoms with van der Waals surface area (Å²) < 4.78 is 2.18. The van der Waals surface area contributed by atoms with Crippen molar-refractivity contribution in [1.82, 2.24) is 14.4 Å². The predicted molar refractivity (Wildman–Crippen MR) is 90.0 cm³/mol. The fourth-order valence-electron chi connectivity index (χ4n) is 3.12. The van der Waals surface area contributed by atoms with Gasteiger partial charge in [0.1, 0.15) is 0 Å². The molecule has 0 bridgehead atoms. The van der Waals surface area contributed by atoms with Crippen molar-refractivity contribution in [2.45, 2.75) is 0 Å². The Balaban J connectivity index is 1.82. The summed E-state index contributed by atoms with van der Waals surface area (Å²) in [6, 6.07) is 25.2. The maximum atomic E-state index is 4.66. The van der Waals surface area contributed by atoms with Crippen LogP contribution in [0.15, 0.2) is 72.8 Å². The van der Waals surface area contributed by atoms with Crippen LogP contribution in [0.25, 0.3) is 39.0 Å². The van der Waals surface area contributed by atoms with E-state index in [-0.39, 0.29) is 0 Å². The van der Waals surface area contributed by atoms with Gasteiger partial charge >= 0.3 is 0 Å². The number of hydrogen-bond donors (Lipinski definition) is 1. The number of aromatic amines is 1. The summed E-state index contributed by atoms with van der Waals surface area (Å²) in [7, 11) is 0. The zero-order valence-electron chi connectivity index (χ0n) is 11.8. The molecular formula is C19H13N3. The third-order valence-electron chi connectivity index (χ3n) is 4.15. The van der Waals surface area contributed by atoms with E-state index in [9.17, 15) is 0 Å². The number of rotatable bonds is 1. The zero-order valence-corrected chi connectivity index (χ0v) is 11.8. The fourth-order valence-corrected chi connectivity index (χ4v) is 3.12. The number of benzene rings is 3. The molecule has 3 nitrogen and oxygen atoms in total. The highest BCUT2D eigenvalue weighted by Gasteiger charge is 2.10. The van der Waals surface area contributed by atoms with Gasteiger partial charge in [-0.25, -0.2) is 4.98 Å². The summed E-state index contributed by atoms with van der Waals surface area (Å²) in [6.45, 7) is 0. The molecule has 3 heteroatoms. The monoisotopic (exact) mass is 283 g/mol. The first-order valence-corrected chi connectivity index (χ1v) is 7.34. The smallest absolute Gasteiger partial charge is 0.213 e. The summed E-state index contributed by atoms with van der Waals surface area (Å²) in [5.74, 6) is 0.890. The molecule has 3 aromatic carbocycles. The molecule has 0 aliphatic heterocycles. The van der Waals surface area contributed by atoms with Crippen LogP contribution in [0.3, 0.4) is 0 Å². The summed E-state index contributed by atoms with van der Waals surface area (Å²) in [4.78, 5) is 8.09. The van der Waals surface area contributed by atoms with Crippen LogP contribution < -0.4 is 0 Å². The van der Waals surface area contributed by atoms with Gasteiger partial charge < -0.3 is 4.98 Å². The Bertz CT molecular complexity index is 1120. The van der Waals surface area contributed by atoms with Crippen LogP contribution in [-0.2, 0) is 0 Å². The number of imidazole rings is 2. The first-order chi connectivity index (χ1) is 10.9. The largest absolute Gasteiger partial charge is 0.323 e. The topological polar surface area (TPSA) is 33.1 Å². The molecule has 0 saturated heterocycles. The number of fused-ring (bicyclic) bond motifs is 5. The van der Waals surface area contributed by atoms with Gasteiger partial charge in [0.15, 0.2) is 0 Å². The van der Waals surface area contributed by atoms with Crippen LogP contribution in [0, 0.1) is 0 Å². The van der Waals surface area contributed by atoms with E-state index in [2.05, 4.69) is 62.9 Å². The molecule has 0 unspecified atom stereocenters. The van der Waals surface area contributed by atoms with E-state index in [1.165, 1.54) is 11.1 Å². The number of H-pyrrole nitrogens is 1. The van der Waals surface area contributed by atoms with Crippen molar-refractivity contribution in [1.29, 1.82) is 0 Å². The van der Waals surface area contributed by atoms with Gasteiger partial charge in [-0.15, -0.1) is 0 Å². The van der Waals surface area contributed by atoms with Gasteiger partial charge in [0.25, 0.3) is 0 Å². The number of para-hydroxylation sites is 2. The summed E-state index contributed by atoms with van der Waals surface area (Å²) in [5, 5.41) is 0. The van der Waals surface area contributed by atoms with Crippen molar-refractivity contribution < 1.29 is 0 Å². The van der Waals surface area contributed by atoms with Crippen molar-refractivity contribution in [3.63, 3.8) is 0 Å². The van der Waals surface area contributed by atoms with Gasteiger partial charge in [-0.3, -0.25) is 4.40 Å². The van der Waals surface area contributed by atoms with Crippen LogP contribution in [-0.4, -0.2) is 14.4 Å². The Kier molecular flexibility index (Phi) is 2.22. The van der Waals surface area contributed by atoms with E-state index in [1.807, 2.05) is 24.3 Å². The molecule has 0 atom stereocenters. The molecule has 0 amide bonds. The summed E-state index contributed by atoms with van der Waals surface area (Å²) in [6.07, 6.45) is 0. The minimum absolute atomic E-state index is 0.890. The number of hydrogen-bond acceptors (Lipinski definition) is 1. The molecule has 104 valence electrons. The van der Waals surface area contributed by atoms with Crippen LogP contribution in [0.2, 0.25) is 0 Å². The minimum Gasteiger partial charge on any atom is -0.323 e. The van der Waals surface area contributed by atoms with Gasteiger partial charge in [-0.2, -0.15) is 0 Å². The maximum Gasteiger partial charge on any atom is 0.213 e. The third kappa shape index (κ3) is 1.53. The van der Waals surface area contributed by atoms with Crippen LogP contribution in [0.1, 0.15) is 0 Å². The van der Waals surface area contributed by atoms with E-state index in [0.717, 1.165) is 27.8 Å². The average Bonchev–Trinajstić information content (AvgIpc) is 3.10. The van der Waals surface area contributed by atoms with Crippen molar-refractivity contribution >= 4 is 27.8 Å². The lowest BCUT2D eigenvalue weighted by Crippen LogP contribution is -1.81. The van der Waals surface area contributed by atoms with Crippen LogP contribution in [0.5, 0.6) is 0 Å². The van der Waals surface area contributed by atoms with Gasteiger partial charge in [-0.1, -0.05) is 48.5 Å². The SMILES string of the molecule is c1ccc(-c2ccc3c(c2)[nH]c2nc4ccccc4n23)cc1. The molecule has 22 heavy (non-hydrogen) atoms. The highest BCUT2D eigenvalue weighted by atomic mass is 15.1. The average molecular weight is 283 g/mol. The normalized spacial score (nSPS) is 11.6. The van der Waals surface area contributed by atoms with Crippen molar-refractivity contribution in [3.8, 4) is 11.1 Å². The lowest BCUT2D eigenvalue weighted by Gasteiger charge is -2.01. The quantitative estimate of drug-likeness (QED) is 0.478.